The summed E-state index contributed by atoms with van der Waals surface area (Å²) in [6.45, 7) is 2.96. The molecule has 0 saturated carbocycles. The van der Waals surface area contributed by atoms with Crippen LogP contribution in [0.15, 0.2) is 102 Å². The minimum atomic E-state index is -4.24. The Labute approximate surface area is 257 Å². The lowest BCUT2D eigenvalue weighted by Gasteiger charge is -2.33. The average Bonchev–Trinajstić information content (AvgIpc) is 3.00. The van der Waals surface area contributed by atoms with Gasteiger partial charge in [0.05, 0.1) is 10.6 Å². The fraction of sp³-hybridized carbons (Fsp3) is 0.212. The fourth-order valence-electron chi connectivity index (χ4n) is 4.61. The highest BCUT2D eigenvalue weighted by Gasteiger charge is 2.34. The van der Waals surface area contributed by atoms with Gasteiger partial charge in [-0.05, 0) is 66.9 Å². The van der Waals surface area contributed by atoms with Gasteiger partial charge in [0.2, 0.25) is 11.8 Å². The molecule has 4 rings (SSSR count). The molecule has 7 nitrogen and oxygen atoms in total. The average molecular weight is 622 g/mol. The molecule has 2 amide bonds. The summed E-state index contributed by atoms with van der Waals surface area (Å²) in [5.74, 6) is -1.49. The smallest absolute Gasteiger partial charge is 0.264 e. The number of rotatable bonds is 11. The first-order valence-corrected chi connectivity index (χ1v) is 15.5. The number of benzene rings is 4. The maximum Gasteiger partial charge on any atom is 0.264 e. The molecule has 0 bridgehead atoms. The van der Waals surface area contributed by atoms with E-state index in [0.717, 1.165) is 21.0 Å². The number of likely N-dealkylation sites (N-methyl/N-ethyl adjacent to an activating group) is 1. The third-order valence-corrected chi connectivity index (χ3v) is 9.31. The number of halogens is 2. The molecule has 0 aliphatic heterocycles. The molecule has 224 valence electrons. The second-order valence-electron chi connectivity index (χ2n) is 10.2. The lowest BCUT2D eigenvalue weighted by molar-refractivity contribution is -0.139. The standard InChI is InChI=1S/C33H33ClFN3O4S/c1-23-9-17-29(18-10-23)43(41,42)38(28-16-11-24(2)30(34)20-28)22-32(39)37(21-26-12-14-27(35)15-13-26)31(33(40)36-3)19-25-7-5-4-6-8-25/h4-18,20,31H,19,21-22H2,1-3H3,(H,36,40). The van der Waals surface area contributed by atoms with E-state index in [0.29, 0.717) is 10.6 Å². The molecule has 0 aliphatic carbocycles. The molecular formula is C33H33ClFN3O4S. The Hall–Kier alpha value is -4.21. The highest BCUT2D eigenvalue weighted by molar-refractivity contribution is 7.92. The number of amides is 2. The zero-order valence-corrected chi connectivity index (χ0v) is 25.7. The number of carbonyl (C=O) groups is 2. The highest BCUT2D eigenvalue weighted by atomic mass is 35.5. The van der Waals surface area contributed by atoms with Crippen molar-refractivity contribution in [1.82, 2.24) is 10.2 Å². The van der Waals surface area contributed by atoms with Crippen molar-refractivity contribution >= 4 is 39.1 Å². The van der Waals surface area contributed by atoms with E-state index < -0.39 is 40.2 Å². The molecule has 0 spiro atoms. The van der Waals surface area contributed by atoms with Gasteiger partial charge < -0.3 is 10.2 Å². The maximum absolute atomic E-state index is 14.3. The van der Waals surface area contributed by atoms with Crippen LogP contribution in [-0.4, -0.2) is 44.8 Å². The number of anilines is 1. The summed E-state index contributed by atoms with van der Waals surface area (Å²) in [4.78, 5) is 28.9. The molecule has 1 N–H and O–H groups in total. The monoisotopic (exact) mass is 621 g/mol. The number of carbonyl (C=O) groups excluding carboxylic acids is 2. The Morgan fingerprint density at radius 1 is 0.884 bits per heavy atom. The Morgan fingerprint density at radius 3 is 2.14 bits per heavy atom. The Morgan fingerprint density at radius 2 is 1.53 bits per heavy atom. The lowest BCUT2D eigenvalue weighted by Crippen LogP contribution is -2.53. The lowest BCUT2D eigenvalue weighted by atomic mass is 10.0. The van der Waals surface area contributed by atoms with Crippen molar-refractivity contribution in [1.29, 1.82) is 0 Å². The number of aryl methyl sites for hydroxylation is 2. The van der Waals surface area contributed by atoms with Crippen molar-refractivity contribution in [2.24, 2.45) is 0 Å². The molecule has 0 heterocycles. The van der Waals surface area contributed by atoms with E-state index in [1.807, 2.05) is 37.3 Å². The van der Waals surface area contributed by atoms with E-state index in [1.165, 1.54) is 54.4 Å². The van der Waals surface area contributed by atoms with Crippen LogP contribution in [0.3, 0.4) is 0 Å². The maximum atomic E-state index is 14.3. The van der Waals surface area contributed by atoms with Crippen LogP contribution in [0.2, 0.25) is 5.02 Å². The third-order valence-electron chi connectivity index (χ3n) is 7.11. The van der Waals surface area contributed by atoms with Crippen LogP contribution < -0.4 is 9.62 Å². The Balaban J connectivity index is 1.80. The van der Waals surface area contributed by atoms with Crippen molar-refractivity contribution in [3.63, 3.8) is 0 Å². The minimum Gasteiger partial charge on any atom is -0.357 e. The van der Waals surface area contributed by atoms with Crippen LogP contribution in [0.25, 0.3) is 0 Å². The summed E-state index contributed by atoms with van der Waals surface area (Å²) >= 11 is 6.39. The molecule has 4 aromatic carbocycles. The summed E-state index contributed by atoms with van der Waals surface area (Å²) in [6.07, 6.45) is 0.175. The second kappa shape index (κ2) is 13.8. The molecule has 0 aromatic heterocycles. The predicted octanol–water partition coefficient (Wildman–Crippen LogP) is 5.68. The van der Waals surface area contributed by atoms with Crippen LogP contribution in [0.4, 0.5) is 10.1 Å². The first kappa shape index (κ1) is 31.7. The van der Waals surface area contributed by atoms with Gasteiger partial charge in [-0.2, -0.15) is 0 Å². The summed E-state index contributed by atoms with van der Waals surface area (Å²) in [5.41, 5.74) is 3.20. The second-order valence-corrected chi connectivity index (χ2v) is 12.5. The number of nitrogens with zero attached hydrogens (tertiary/aromatic N) is 2. The van der Waals surface area contributed by atoms with Crippen LogP contribution in [-0.2, 0) is 32.6 Å². The van der Waals surface area contributed by atoms with E-state index in [2.05, 4.69) is 5.32 Å². The van der Waals surface area contributed by atoms with Gasteiger partial charge in [0, 0.05) is 25.0 Å². The van der Waals surface area contributed by atoms with Crippen molar-refractivity contribution in [3.05, 3.63) is 130 Å². The number of sulfonamides is 1. The summed E-state index contributed by atoms with van der Waals surface area (Å²) in [5, 5.41) is 2.97. The van der Waals surface area contributed by atoms with Crippen LogP contribution in [0, 0.1) is 19.7 Å². The molecule has 0 radical (unpaired) electrons. The van der Waals surface area contributed by atoms with E-state index in [9.17, 15) is 22.4 Å². The van der Waals surface area contributed by atoms with Gasteiger partial charge in [0.15, 0.2) is 0 Å². The molecule has 1 atom stereocenters. The van der Waals surface area contributed by atoms with Crippen molar-refractivity contribution in [3.8, 4) is 0 Å². The van der Waals surface area contributed by atoms with Gasteiger partial charge in [-0.1, -0.05) is 77.8 Å². The molecule has 0 saturated heterocycles. The van der Waals surface area contributed by atoms with Gasteiger partial charge in [0.1, 0.15) is 18.4 Å². The molecular weight excluding hydrogens is 589 g/mol. The largest absolute Gasteiger partial charge is 0.357 e. The van der Waals surface area contributed by atoms with Crippen LogP contribution in [0.5, 0.6) is 0 Å². The highest BCUT2D eigenvalue weighted by Crippen LogP contribution is 2.29. The normalized spacial score (nSPS) is 11.9. The summed E-state index contributed by atoms with van der Waals surface area (Å²) in [7, 11) is -2.77. The zero-order valence-electron chi connectivity index (χ0n) is 24.1. The van der Waals surface area contributed by atoms with Gasteiger partial charge in [0.25, 0.3) is 10.0 Å². The molecule has 43 heavy (non-hydrogen) atoms. The first-order chi connectivity index (χ1) is 20.5. The van der Waals surface area contributed by atoms with Crippen LogP contribution in [0.1, 0.15) is 22.3 Å². The topological polar surface area (TPSA) is 86.8 Å². The van der Waals surface area contributed by atoms with Crippen LogP contribution >= 0.6 is 11.6 Å². The quantitative estimate of drug-likeness (QED) is 0.234. The van der Waals surface area contributed by atoms with Gasteiger partial charge in [-0.3, -0.25) is 13.9 Å². The zero-order chi connectivity index (χ0) is 31.1. The van der Waals surface area contributed by atoms with E-state index in [4.69, 9.17) is 11.6 Å². The summed E-state index contributed by atoms with van der Waals surface area (Å²) < 4.78 is 42.8. The Bertz CT molecular complexity index is 1680. The molecule has 0 aliphatic rings. The fourth-order valence-corrected chi connectivity index (χ4v) is 6.19. The van der Waals surface area contributed by atoms with Gasteiger partial charge >= 0.3 is 0 Å². The molecule has 10 heteroatoms. The predicted molar refractivity (Wildman–Crippen MR) is 167 cm³/mol. The van der Waals surface area contributed by atoms with Crippen molar-refractivity contribution in [2.45, 2.75) is 37.8 Å². The summed E-state index contributed by atoms with van der Waals surface area (Å²) in [6, 6.07) is 24.9. The van der Waals surface area contributed by atoms with Gasteiger partial charge in [-0.15, -0.1) is 0 Å². The third kappa shape index (κ3) is 7.80. The van der Waals surface area contributed by atoms with Crippen molar-refractivity contribution in [2.75, 3.05) is 17.9 Å². The Kier molecular flexibility index (Phi) is 10.2. The molecule has 1 unspecified atom stereocenters. The van der Waals surface area contributed by atoms with Gasteiger partial charge in [-0.25, -0.2) is 12.8 Å². The van der Waals surface area contributed by atoms with E-state index in [1.54, 1.807) is 31.2 Å². The van der Waals surface area contributed by atoms with E-state index >= 15 is 0 Å². The van der Waals surface area contributed by atoms with Crippen molar-refractivity contribution < 1.29 is 22.4 Å². The molecule has 4 aromatic rings. The first-order valence-electron chi connectivity index (χ1n) is 13.6. The number of hydrogen-bond donors (Lipinski definition) is 1. The minimum absolute atomic E-state index is 0.000168. The number of hydrogen-bond acceptors (Lipinski definition) is 4. The number of nitrogens with one attached hydrogen (secondary N) is 1. The van der Waals surface area contributed by atoms with E-state index in [-0.39, 0.29) is 23.5 Å². The molecule has 0 fully saturated rings. The SMILES string of the molecule is CNC(=O)C(Cc1ccccc1)N(Cc1ccc(F)cc1)C(=O)CN(c1ccc(C)c(Cl)c1)S(=O)(=O)c1ccc(C)cc1.